The molecule has 1 amide bonds. The lowest BCUT2D eigenvalue weighted by atomic mass is 10.2. The third kappa shape index (κ3) is 3.67. The molecule has 1 aromatic rings. The molecule has 1 aromatic heterocycles. The van der Waals surface area contributed by atoms with Crippen LogP contribution in [0.1, 0.15) is 36.1 Å². The van der Waals surface area contributed by atoms with Gasteiger partial charge in [0, 0.05) is 6.54 Å². The highest BCUT2D eigenvalue weighted by Gasteiger charge is 2.10. The Balaban J connectivity index is 2.35. The van der Waals surface area contributed by atoms with E-state index in [1.807, 2.05) is 6.92 Å². The fraction of sp³-hybridized carbons (Fsp3) is 0.545. The molecule has 1 unspecified atom stereocenters. The van der Waals surface area contributed by atoms with Gasteiger partial charge in [0.2, 0.25) is 0 Å². The molecule has 90 valence electrons. The molecule has 0 spiro atoms. The summed E-state index contributed by atoms with van der Waals surface area (Å²) in [6, 6.07) is 3.27. The number of amides is 1. The molecule has 1 atom stereocenters. The van der Waals surface area contributed by atoms with Gasteiger partial charge in [0.05, 0.1) is 12.6 Å². The molecule has 1 rings (SSSR count). The van der Waals surface area contributed by atoms with Crippen LogP contribution < -0.4 is 11.1 Å². The number of hydrogen-bond acceptors (Lipinski definition) is 4. The summed E-state index contributed by atoms with van der Waals surface area (Å²) >= 11 is 0. The molecule has 16 heavy (non-hydrogen) atoms. The largest absolute Gasteiger partial charge is 0.455 e. The zero-order valence-corrected chi connectivity index (χ0v) is 9.40. The monoisotopic (exact) mass is 226 g/mol. The van der Waals surface area contributed by atoms with Crippen LogP contribution in [-0.2, 0) is 6.54 Å². The molecule has 4 N–H and O–H groups in total. The standard InChI is InChI=1S/C11H18N2O3/c1-2-8(14)5-6-13-11(15)10-4-3-9(7-12)16-10/h3-4,8,14H,2,5-7,12H2,1H3,(H,13,15). The van der Waals surface area contributed by atoms with Crippen molar-refractivity contribution in [1.29, 1.82) is 0 Å². The lowest BCUT2D eigenvalue weighted by Gasteiger charge is -2.07. The summed E-state index contributed by atoms with van der Waals surface area (Å²) in [6.07, 6.45) is 0.872. The normalized spacial score (nSPS) is 12.4. The fourth-order valence-electron chi connectivity index (χ4n) is 1.25. The van der Waals surface area contributed by atoms with E-state index in [1.54, 1.807) is 12.1 Å². The second kappa shape index (κ2) is 6.30. The zero-order valence-electron chi connectivity index (χ0n) is 9.40. The Morgan fingerprint density at radius 2 is 2.38 bits per heavy atom. The van der Waals surface area contributed by atoms with Crippen molar-refractivity contribution in [3.63, 3.8) is 0 Å². The first-order valence-electron chi connectivity index (χ1n) is 5.42. The quantitative estimate of drug-likeness (QED) is 0.663. The molecule has 5 heteroatoms. The second-order valence-corrected chi connectivity index (χ2v) is 3.58. The molecular formula is C11H18N2O3. The minimum Gasteiger partial charge on any atom is -0.455 e. The molecule has 0 radical (unpaired) electrons. The summed E-state index contributed by atoms with van der Waals surface area (Å²) in [5.41, 5.74) is 5.36. The fourth-order valence-corrected chi connectivity index (χ4v) is 1.25. The summed E-state index contributed by atoms with van der Waals surface area (Å²) in [4.78, 5) is 11.5. The van der Waals surface area contributed by atoms with E-state index in [0.29, 0.717) is 25.1 Å². The number of nitrogens with one attached hydrogen (secondary N) is 1. The third-order valence-electron chi connectivity index (χ3n) is 2.32. The van der Waals surface area contributed by atoms with E-state index in [0.717, 1.165) is 0 Å². The summed E-state index contributed by atoms with van der Waals surface area (Å²) in [5, 5.41) is 12.0. The van der Waals surface area contributed by atoms with Gasteiger partial charge in [-0.3, -0.25) is 4.79 Å². The predicted molar refractivity (Wildman–Crippen MR) is 59.8 cm³/mol. The highest BCUT2D eigenvalue weighted by atomic mass is 16.4. The minimum atomic E-state index is -0.364. The van der Waals surface area contributed by atoms with Crippen LogP contribution in [0.5, 0.6) is 0 Å². The van der Waals surface area contributed by atoms with E-state index in [4.69, 9.17) is 10.2 Å². The first-order chi connectivity index (χ1) is 7.67. The Morgan fingerprint density at radius 3 is 2.94 bits per heavy atom. The maximum atomic E-state index is 11.5. The number of carbonyl (C=O) groups excluding carboxylic acids is 1. The van der Waals surface area contributed by atoms with Gasteiger partial charge in [0.25, 0.3) is 5.91 Å². The number of carbonyl (C=O) groups is 1. The van der Waals surface area contributed by atoms with Crippen molar-refractivity contribution in [3.05, 3.63) is 23.7 Å². The van der Waals surface area contributed by atoms with Gasteiger partial charge < -0.3 is 20.6 Å². The molecule has 0 aliphatic carbocycles. The lowest BCUT2D eigenvalue weighted by Crippen LogP contribution is -2.26. The van der Waals surface area contributed by atoms with Gasteiger partial charge in [-0.1, -0.05) is 6.92 Å². The Bertz CT molecular complexity index is 336. The first kappa shape index (κ1) is 12.7. The average molecular weight is 226 g/mol. The van der Waals surface area contributed by atoms with E-state index in [-0.39, 0.29) is 24.3 Å². The van der Waals surface area contributed by atoms with Crippen LogP contribution >= 0.6 is 0 Å². The molecule has 0 saturated heterocycles. The first-order valence-corrected chi connectivity index (χ1v) is 5.42. The molecule has 5 nitrogen and oxygen atoms in total. The second-order valence-electron chi connectivity index (χ2n) is 3.58. The van der Waals surface area contributed by atoms with Crippen molar-refractivity contribution in [3.8, 4) is 0 Å². The van der Waals surface area contributed by atoms with Gasteiger partial charge in [-0.2, -0.15) is 0 Å². The summed E-state index contributed by atoms with van der Waals surface area (Å²) in [6.45, 7) is 2.61. The zero-order chi connectivity index (χ0) is 12.0. The van der Waals surface area contributed by atoms with Crippen LogP contribution in [0, 0.1) is 0 Å². The van der Waals surface area contributed by atoms with E-state index >= 15 is 0 Å². The highest BCUT2D eigenvalue weighted by molar-refractivity contribution is 5.91. The molecule has 0 bridgehead atoms. The maximum absolute atomic E-state index is 11.5. The van der Waals surface area contributed by atoms with Crippen molar-refractivity contribution in [2.24, 2.45) is 5.73 Å². The number of furan rings is 1. The van der Waals surface area contributed by atoms with Gasteiger partial charge in [0.1, 0.15) is 5.76 Å². The summed E-state index contributed by atoms with van der Waals surface area (Å²) < 4.78 is 5.18. The van der Waals surface area contributed by atoms with Gasteiger partial charge in [-0.15, -0.1) is 0 Å². The number of aliphatic hydroxyl groups excluding tert-OH is 1. The molecular weight excluding hydrogens is 208 g/mol. The van der Waals surface area contributed by atoms with Gasteiger partial charge in [-0.25, -0.2) is 0 Å². The topological polar surface area (TPSA) is 88.5 Å². The molecule has 0 aliphatic rings. The van der Waals surface area contributed by atoms with Crippen molar-refractivity contribution in [2.45, 2.75) is 32.4 Å². The van der Waals surface area contributed by atoms with Gasteiger partial charge in [-0.05, 0) is 25.0 Å². The number of nitrogens with two attached hydrogens (primary N) is 1. The predicted octanol–water partition coefficient (Wildman–Crippen LogP) is 0.629. The number of hydrogen-bond donors (Lipinski definition) is 3. The number of aliphatic hydroxyl groups is 1. The summed E-state index contributed by atoms with van der Waals surface area (Å²) in [5.74, 6) is 0.563. The van der Waals surface area contributed by atoms with Crippen LogP contribution in [0.2, 0.25) is 0 Å². The van der Waals surface area contributed by atoms with Gasteiger partial charge >= 0.3 is 0 Å². The Kier molecular flexibility index (Phi) is 5.01. The molecule has 1 heterocycles. The van der Waals surface area contributed by atoms with E-state index < -0.39 is 0 Å². The van der Waals surface area contributed by atoms with Crippen molar-refractivity contribution in [2.75, 3.05) is 6.54 Å². The Morgan fingerprint density at radius 1 is 1.62 bits per heavy atom. The van der Waals surface area contributed by atoms with Crippen LogP contribution in [0.4, 0.5) is 0 Å². The minimum absolute atomic E-state index is 0.256. The van der Waals surface area contributed by atoms with Crippen molar-refractivity contribution < 1.29 is 14.3 Å². The third-order valence-corrected chi connectivity index (χ3v) is 2.32. The van der Waals surface area contributed by atoms with E-state index in [9.17, 15) is 9.90 Å². The highest BCUT2D eigenvalue weighted by Crippen LogP contribution is 2.06. The Hall–Kier alpha value is -1.33. The van der Waals surface area contributed by atoms with Crippen molar-refractivity contribution >= 4 is 5.91 Å². The lowest BCUT2D eigenvalue weighted by molar-refractivity contribution is 0.0912. The van der Waals surface area contributed by atoms with Crippen LogP contribution in [-0.4, -0.2) is 23.7 Å². The van der Waals surface area contributed by atoms with Crippen molar-refractivity contribution in [1.82, 2.24) is 5.32 Å². The molecule has 0 aromatic carbocycles. The van der Waals surface area contributed by atoms with Crippen LogP contribution in [0.3, 0.4) is 0 Å². The molecule has 0 aliphatic heterocycles. The SMILES string of the molecule is CCC(O)CCNC(=O)c1ccc(CN)o1. The molecule has 0 fully saturated rings. The Labute approximate surface area is 94.6 Å². The van der Waals surface area contributed by atoms with Crippen LogP contribution in [0.15, 0.2) is 16.5 Å². The maximum Gasteiger partial charge on any atom is 0.286 e. The van der Waals surface area contributed by atoms with Crippen LogP contribution in [0.25, 0.3) is 0 Å². The van der Waals surface area contributed by atoms with Gasteiger partial charge in [0.15, 0.2) is 5.76 Å². The smallest absolute Gasteiger partial charge is 0.286 e. The summed E-state index contributed by atoms with van der Waals surface area (Å²) in [7, 11) is 0. The average Bonchev–Trinajstić information content (AvgIpc) is 2.77. The van der Waals surface area contributed by atoms with E-state index in [2.05, 4.69) is 5.32 Å². The molecule has 0 saturated carbocycles. The number of rotatable bonds is 6. The van der Waals surface area contributed by atoms with E-state index in [1.165, 1.54) is 0 Å².